The number of halogens is 1. The molecule has 1 aliphatic heterocycles. The summed E-state index contributed by atoms with van der Waals surface area (Å²) in [6.45, 7) is 2.03. The smallest absolute Gasteiger partial charge is 0.256 e. The van der Waals surface area contributed by atoms with Gasteiger partial charge >= 0.3 is 0 Å². The number of aryl methyl sites for hydroxylation is 1. The fourth-order valence-corrected chi connectivity index (χ4v) is 2.38. The molecule has 0 unspecified atom stereocenters. The number of amides is 1. The van der Waals surface area contributed by atoms with E-state index in [2.05, 4.69) is 5.32 Å². The number of hydrogen-bond donors (Lipinski definition) is 1. The van der Waals surface area contributed by atoms with Crippen LogP contribution in [0.15, 0.2) is 42.5 Å². The van der Waals surface area contributed by atoms with E-state index in [1.165, 1.54) is 0 Å². The van der Waals surface area contributed by atoms with E-state index >= 15 is 0 Å². The topological polar surface area (TPSA) is 29.1 Å². The molecule has 0 saturated carbocycles. The van der Waals surface area contributed by atoms with Crippen molar-refractivity contribution in [1.29, 1.82) is 0 Å². The van der Waals surface area contributed by atoms with Gasteiger partial charge in [-0.2, -0.15) is 0 Å². The zero-order valence-electron chi connectivity index (χ0n) is 10.4. The summed E-state index contributed by atoms with van der Waals surface area (Å²) in [5, 5.41) is 3.48. The second-order valence-corrected chi connectivity index (χ2v) is 5.00. The minimum atomic E-state index is -0.0829. The lowest BCUT2D eigenvalue weighted by molar-refractivity contribution is -0.110. The molecule has 1 N–H and O–H groups in total. The molecule has 1 heterocycles. The first kappa shape index (κ1) is 12.0. The normalized spacial score (nSPS) is 15.5. The van der Waals surface area contributed by atoms with Crippen molar-refractivity contribution in [3.8, 4) is 0 Å². The van der Waals surface area contributed by atoms with Gasteiger partial charge in [-0.05, 0) is 42.3 Å². The highest BCUT2D eigenvalue weighted by Crippen LogP contribution is 2.35. The third-order valence-corrected chi connectivity index (χ3v) is 3.49. The van der Waals surface area contributed by atoms with E-state index in [0.29, 0.717) is 10.6 Å². The quantitative estimate of drug-likeness (QED) is 0.775. The first-order chi connectivity index (χ1) is 9.15. The zero-order valence-corrected chi connectivity index (χ0v) is 11.2. The number of rotatable bonds is 1. The second-order valence-electron chi connectivity index (χ2n) is 4.56. The van der Waals surface area contributed by atoms with Crippen LogP contribution in [0.1, 0.15) is 16.7 Å². The highest BCUT2D eigenvalue weighted by Gasteiger charge is 2.24. The van der Waals surface area contributed by atoms with Crippen LogP contribution in [0.3, 0.4) is 0 Å². The van der Waals surface area contributed by atoms with Gasteiger partial charge in [0.2, 0.25) is 0 Å². The van der Waals surface area contributed by atoms with Gasteiger partial charge in [-0.3, -0.25) is 4.79 Å². The van der Waals surface area contributed by atoms with Crippen molar-refractivity contribution in [2.45, 2.75) is 6.92 Å². The molecule has 0 fully saturated rings. The molecule has 2 nitrogen and oxygen atoms in total. The number of carbonyl (C=O) groups excluding carboxylic acids is 1. The van der Waals surface area contributed by atoms with Gasteiger partial charge in [-0.25, -0.2) is 0 Å². The predicted octanol–water partition coefficient (Wildman–Crippen LogP) is 4.14. The summed E-state index contributed by atoms with van der Waals surface area (Å²) in [4.78, 5) is 12.0. The molecule has 0 radical (unpaired) electrons. The van der Waals surface area contributed by atoms with E-state index in [-0.39, 0.29) is 5.91 Å². The molecule has 0 saturated heterocycles. The van der Waals surface area contributed by atoms with Crippen molar-refractivity contribution < 1.29 is 4.79 Å². The largest absolute Gasteiger partial charge is 0.321 e. The predicted molar refractivity (Wildman–Crippen MR) is 79.1 cm³/mol. The molecule has 3 rings (SSSR count). The summed E-state index contributed by atoms with van der Waals surface area (Å²) >= 11 is 6.00. The van der Waals surface area contributed by atoms with Gasteiger partial charge in [0.05, 0.1) is 0 Å². The van der Waals surface area contributed by atoms with Crippen LogP contribution in [0, 0.1) is 6.92 Å². The molecule has 2 aromatic carbocycles. The molecule has 0 aliphatic carbocycles. The van der Waals surface area contributed by atoms with Gasteiger partial charge in [0.25, 0.3) is 5.91 Å². The van der Waals surface area contributed by atoms with Crippen LogP contribution in [0.4, 0.5) is 5.69 Å². The lowest BCUT2D eigenvalue weighted by Gasteiger charge is -2.02. The highest BCUT2D eigenvalue weighted by atomic mass is 35.5. The Labute approximate surface area is 116 Å². The summed E-state index contributed by atoms with van der Waals surface area (Å²) in [6, 6.07) is 13.4. The van der Waals surface area contributed by atoms with Crippen molar-refractivity contribution in [1.82, 2.24) is 0 Å². The molecule has 0 aromatic heterocycles. The molecular formula is C16H12ClNO. The van der Waals surface area contributed by atoms with Crippen LogP contribution >= 0.6 is 11.6 Å². The Kier molecular flexibility index (Phi) is 2.88. The van der Waals surface area contributed by atoms with Crippen molar-refractivity contribution >= 4 is 34.8 Å². The minimum absolute atomic E-state index is 0.0829. The first-order valence-corrected chi connectivity index (χ1v) is 6.41. The Morgan fingerprint density at radius 1 is 1.16 bits per heavy atom. The van der Waals surface area contributed by atoms with Gasteiger partial charge < -0.3 is 5.32 Å². The van der Waals surface area contributed by atoms with E-state index in [1.807, 2.05) is 49.4 Å². The van der Waals surface area contributed by atoms with Crippen molar-refractivity contribution in [2.75, 3.05) is 5.32 Å². The maximum Gasteiger partial charge on any atom is 0.256 e. The Hall–Kier alpha value is -2.06. The molecule has 1 aliphatic rings. The summed E-state index contributed by atoms with van der Waals surface area (Å²) in [7, 11) is 0. The number of nitrogens with one attached hydrogen (secondary N) is 1. The molecule has 0 bridgehead atoms. The fourth-order valence-electron chi connectivity index (χ4n) is 2.21. The van der Waals surface area contributed by atoms with Crippen LogP contribution < -0.4 is 5.32 Å². The molecule has 1 amide bonds. The molecular weight excluding hydrogens is 258 g/mol. The summed E-state index contributed by atoms with van der Waals surface area (Å²) < 4.78 is 0. The standard InChI is InChI=1S/C16H12ClNO/c1-10-4-2-3-5-11(10)8-14-13-9-12(17)6-7-15(13)18-16(14)19/h2-9H,1H3,(H,18,19)/b14-8+. The number of fused-ring (bicyclic) bond motifs is 1. The van der Waals surface area contributed by atoms with Gasteiger partial charge in [0.1, 0.15) is 0 Å². The lowest BCUT2D eigenvalue weighted by atomic mass is 10.0. The van der Waals surface area contributed by atoms with Gasteiger partial charge in [-0.15, -0.1) is 0 Å². The van der Waals surface area contributed by atoms with Gasteiger partial charge in [0.15, 0.2) is 0 Å². The minimum Gasteiger partial charge on any atom is -0.321 e. The average Bonchev–Trinajstić information content (AvgIpc) is 2.69. The Morgan fingerprint density at radius 3 is 2.74 bits per heavy atom. The van der Waals surface area contributed by atoms with Crippen LogP contribution in [0.2, 0.25) is 5.02 Å². The van der Waals surface area contributed by atoms with Gasteiger partial charge in [0, 0.05) is 21.8 Å². The van der Waals surface area contributed by atoms with Crippen LogP contribution in [0.5, 0.6) is 0 Å². The molecule has 19 heavy (non-hydrogen) atoms. The van der Waals surface area contributed by atoms with E-state index in [1.54, 1.807) is 6.07 Å². The maximum absolute atomic E-state index is 12.0. The maximum atomic E-state index is 12.0. The van der Waals surface area contributed by atoms with Crippen molar-refractivity contribution in [3.63, 3.8) is 0 Å². The molecule has 3 heteroatoms. The third-order valence-electron chi connectivity index (χ3n) is 3.25. The first-order valence-electron chi connectivity index (χ1n) is 6.04. The Morgan fingerprint density at radius 2 is 1.95 bits per heavy atom. The monoisotopic (exact) mass is 269 g/mol. The summed E-state index contributed by atoms with van der Waals surface area (Å²) in [5.74, 6) is -0.0829. The van der Waals surface area contributed by atoms with Crippen LogP contribution in [0.25, 0.3) is 11.6 Å². The number of hydrogen-bond acceptors (Lipinski definition) is 1. The zero-order chi connectivity index (χ0) is 13.4. The SMILES string of the molecule is Cc1ccccc1/C=C1/C(=O)Nc2ccc(Cl)cc21. The summed E-state index contributed by atoms with van der Waals surface area (Å²) in [6.07, 6.45) is 1.91. The third kappa shape index (κ3) is 2.15. The van der Waals surface area contributed by atoms with Crippen molar-refractivity contribution in [2.24, 2.45) is 0 Å². The van der Waals surface area contributed by atoms with Crippen LogP contribution in [-0.2, 0) is 4.79 Å². The second kappa shape index (κ2) is 4.56. The van der Waals surface area contributed by atoms with E-state index in [0.717, 1.165) is 22.4 Å². The molecule has 0 atom stereocenters. The summed E-state index contributed by atoms with van der Waals surface area (Å²) in [5.41, 5.74) is 4.51. The molecule has 0 spiro atoms. The van der Waals surface area contributed by atoms with E-state index in [9.17, 15) is 4.79 Å². The lowest BCUT2D eigenvalue weighted by Crippen LogP contribution is -2.03. The van der Waals surface area contributed by atoms with E-state index < -0.39 is 0 Å². The highest BCUT2D eigenvalue weighted by molar-refractivity contribution is 6.36. The number of carbonyl (C=O) groups is 1. The van der Waals surface area contributed by atoms with Gasteiger partial charge in [-0.1, -0.05) is 35.9 Å². The molecule has 94 valence electrons. The number of benzene rings is 2. The number of anilines is 1. The van der Waals surface area contributed by atoms with Crippen LogP contribution in [-0.4, -0.2) is 5.91 Å². The Balaban J connectivity index is 2.14. The molecule has 2 aromatic rings. The average molecular weight is 270 g/mol. The van der Waals surface area contributed by atoms with E-state index in [4.69, 9.17) is 11.6 Å². The Bertz CT molecular complexity index is 704. The van der Waals surface area contributed by atoms with Crippen molar-refractivity contribution in [3.05, 3.63) is 64.2 Å². The fraction of sp³-hybridized carbons (Fsp3) is 0.0625.